The molecule has 2 rings (SSSR count). The summed E-state index contributed by atoms with van der Waals surface area (Å²) >= 11 is 0. The molecule has 0 radical (unpaired) electrons. The van der Waals surface area contributed by atoms with Gasteiger partial charge in [-0.2, -0.15) is 4.98 Å². The number of rotatable bonds is 4. The first kappa shape index (κ1) is 16.9. The minimum Gasteiger partial charge on any atom is -0.342 e. The standard InChI is InChI=1S/C13H22N4O2.ClH/c1-9(7-14-3)13(18)17-6-4-5-11(8-17)12-15-10(2)16-19-12;/h9,11,14H,4-8H2,1-3H3;1H. The maximum Gasteiger partial charge on any atom is 0.231 e. The second-order valence-electron chi connectivity index (χ2n) is 5.26. The van der Waals surface area contributed by atoms with E-state index in [-0.39, 0.29) is 30.2 Å². The summed E-state index contributed by atoms with van der Waals surface area (Å²) in [6, 6.07) is 0. The molecule has 6 nitrogen and oxygen atoms in total. The molecule has 0 saturated carbocycles. The molecule has 0 aromatic carbocycles. The smallest absolute Gasteiger partial charge is 0.231 e. The van der Waals surface area contributed by atoms with Crippen LogP contribution in [0.5, 0.6) is 0 Å². The van der Waals surface area contributed by atoms with Gasteiger partial charge in [0.1, 0.15) is 0 Å². The third-order valence-electron chi connectivity index (χ3n) is 3.56. The van der Waals surface area contributed by atoms with Gasteiger partial charge < -0.3 is 14.7 Å². The largest absolute Gasteiger partial charge is 0.342 e. The van der Waals surface area contributed by atoms with Crippen molar-refractivity contribution in [3.05, 3.63) is 11.7 Å². The highest BCUT2D eigenvalue weighted by atomic mass is 35.5. The van der Waals surface area contributed by atoms with Crippen molar-refractivity contribution in [3.8, 4) is 0 Å². The van der Waals surface area contributed by atoms with Gasteiger partial charge in [0.15, 0.2) is 5.82 Å². The Kier molecular flexibility index (Phi) is 6.42. The molecule has 1 aliphatic rings. The van der Waals surface area contributed by atoms with Crippen molar-refractivity contribution < 1.29 is 9.32 Å². The van der Waals surface area contributed by atoms with Crippen LogP contribution >= 0.6 is 12.4 Å². The first-order chi connectivity index (χ1) is 9.11. The molecule has 0 aliphatic carbocycles. The van der Waals surface area contributed by atoms with Crippen LogP contribution < -0.4 is 5.32 Å². The zero-order chi connectivity index (χ0) is 13.8. The highest BCUT2D eigenvalue weighted by Gasteiger charge is 2.29. The van der Waals surface area contributed by atoms with Crippen LogP contribution in [0.2, 0.25) is 0 Å². The molecule has 1 aromatic heterocycles. The number of hydrogen-bond acceptors (Lipinski definition) is 5. The van der Waals surface area contributed by atoms with E-state index in [1.54, 1.807) is 0 Å². The summed E-state index contributed by atoms with van der Waals surface area (Å²) in [5.74, 6) is 1.71. The summed E-state index contributed by atoms with van der Waals surface area (Å²) in [7, 11) is 1.87. The number of carbonyl (C=O) groups excluding carboxylic acids is 1. The summed E-state index contributed by atoms with van der Waals surface area (Å²) in [5, 5.41) is 6.87. The Balaban J connectivity index is 0.00000200. The maximum atomic E-state index is 12.3. The second kappa shape index (κ2) is 7.59. The number of likely N-dealkylation sites (tertiary alicyclic amines) is 1. The number of nitrogens with zero attached hydrogens (tertiary/aromatic N) is 3. The lowest BCUT2D eigenvalue weighted by Crippen LogP contribution is -2.43. The van der Waals surface area contributed by atoms with Gasteiger partial charge in [0, 0.05) is 25.6 Å². The minimum atomic E-state index is 0. The molecule has 1 aromatic rings. The first-order valence-corrected chi connectivity index (χ1v) is 6.85. The van der Waals surface area contributed by atoms with Gasteiger partial charge in [-0.05, 0) is 26.8 Å². The van der Waals surface area contributed by atoms with Crippen LogP contribution in [0.25, 0.3) is 0 Å². The number of aromatic nitrogens is 2. The van der Waals surface area contributed by atoms with E-state index in [4.69, 9.17) is 4.52 Å². The lowest BCUT2D eigenvalue weighted by molar-refractivity contribution is -0.136. The van der Waals surface area contributed by atoms with Crippen LogP contribution in [0, 0.1) is 12.8 Å². The summed E-state index contributed by atoms with van der Waals surface area (Å²) in [6.07, 6.45) is 2.00. The lowest BCUT2D eigenvalue weighted by atomic mass is 9.96. The van der Waals surface area contributed by atoms with Crippen LogP contribution in [-0.2, 0) is 4.79 Å². The number of halogens is 1. The van der Waals surface area contributed by atoms with Crippen LogP contribution in [0.3, 0.4) is 0 Å². The molecule has 7 heteroatoms. The predicted molar refractivity (Wildman–Crippen MR) is 77.9 cm³/mol. The average Bonchev–Trinajstić information content (AvgIpc) is 2.85. The monoisotopic (exact) mass is 302 g/mol. The highest BCUT2D eigenvalue weighted by Crippen LogP contribution is 2.26. The predicted octanol–water partition coefficient (Wildman–Crippen LogP) is 1.36. The summed E-state index contributed by atoms with van der Waals surface area (Å²) in [6.45, 7) is 6.00. The van der Waals surface area contributed by atoms with E-state index in [1.807, 2.05) is 25.8 Å². The number of nitrogens with one attached hydrogen (secondary N) is 1. The Morgan fingerprint density at radius 3 is 2.95 bits per heavy atom. The van der Waals surface area contributed by atoms with Gasteiger partial charge >= 0.3 is 0 Å². The van der Waals surface area contributed by atoms with Crippen LogP contribution in [-0.4, -0.2) is 47.6 Å². The molecular formula is C13H23ClN4O2. The molecule has 20 heavy (non-hydrogen) atoms. The Bertz CT molecular complexity index is 438. The van der Waals surface area contributed by atoms with Crippen molar-refractivity contribution in [2.75, 3.05) is 26.7 Å². The first-order valence-electron chi connectivity index (χ1n) is 6.85. The molecule has 1 aliphatic heterocycles. The van der Waals surface area contributed by atoms with Crippen molar-refractivity contribution in [3.63, 3.8) is 0 Å². The minimum absolute atomic E-state index is 0. The van der Waals surface area contributed by atoms with Gasteiger partial charge in [0.2, 0.25) is 11.8 Å². The van der Waals surface area contributed by atoms with Gasteiger partial charge in [-0.3, -0.25) is 4.79 Å². The third kappa shape index (κ3) is 3.93. The zero-order valence-electron chi connectivity index (χ0n) is 12.3. The topological polar surface area (TPSA) is 71.3 Å². The van der Waals surface area contributed by atoms with E-state index in [2.05, 4.69) is 15.5 Å². The van der Waals surface area contributed by atoms with Gasteiger partial charge in [-0.25, -0.2) is 0 Å². The van der Waals surface area contributed by atoms with Crippen LogP contribution in [0.15, 0.2) is 4.52 Å². The Morgan fingerprint density at radius 2 is 2.35 bits per heavy atom. The SMILES string of the molecule is CNCC(C)C(=O)N1CCCC(c2nc(C)no2)C1.Cl. The molecule has 1 N–H and O–H groups in total. The van der Waals surface area contributed by atoms with Gasteiger partial charge in [-0.15, -0.1) is 12.4 Å². The number of carbonyl (C=O) groups is 1. The molecular weight excluding hydrogens is 280 g/mol. The van der Waals surface area contributed by atoms with Crippen LogP contribution in [0.1, 0.15) is 37.4 Å². The Hall–Kier alpha value is -1.14. The molecule has 1 saturated heterocycles. The van der Waals surface area contributed by atoms with E-state index in [0.717, 1.165) is 19.4 Å². The number of hydrogen-bond donors (Lipinski definition) is 1. The van der Waals surface area contributed by atoms with E-state index < -0.39 is 0 Å². The third-order valence-corrected chi connectivity index (χ3v) is 3.56. The van der Waals surface area contributed by atoms with E-state index in [9.17, 15) is 4.79 Å². The van der Waals surface area contributed by atoms with Gasteiger partial charge in [-0.1, -0.05) is 12.1 Å². The molecule has 1 amide bonds. The zero-order valence-corrected chi connectivity index (χ0v) is 13.1. The molecule has 1 fully saturated rings. The van der Waals surface area contributed by atoms with Crippen molar-refractivity contribution in [1.29, 1.82) is 0 Å². The maximum absolute atomic E-state index is 12.3. The molecule has 0 bridgehead atoms. The lowest BCUT2D eigenvalue weighted by Gasteiger charge is -2.32. The van der Waals surface area contributed by atoms with Crippen molar-refractivity contribution in [2.45, 2.75) is 32.6 Å². The average molecular weight is 303 g/mol. The molecule has 2 unspecified atom stereocenters. The number of amides is 1. The van der Waals surface area contributed by atoms with E-state index >= 15 is 0 Å². The van der Waals surface area contributed by atoms with Gasteiger partial charge in [0.05, 0.1) is 5.92 Å². The summed E-state index contributed by atoms with van der Waals surface area (Å²) in [5.41, 5.74) is 0. The Labute approximate surface area is 125 Å². The van der Waals surface area contributed by atoms with Crippen molar-refractivity contribution in [1.82, 2.24) is 20.4 Å². The summed E-state index contributed by atoms with van der Waals surface area (Å²) < 4.78 is 5.23. The van der Waals surface area contributed by atoms with Crippen molar-refractivity contribution in [2.24, 2.45) is 5.92 Å². The number of piperidine rings is 1. The summed E-state index contributed by atoms with van der Waals surface area (Å²) in [4.78, 5) is 18.5. The fourth-order valence-electron chi connectivity index (χ4n) is 2.56. The van der Waals surface area contributed by atoms with Crippen LogP contribution in [0.4, 0.5) is 0 Å². The fraction of sp³-hybridized carbons (Fsp3) is 0.769. The molecule has 2 atom stereocenters. The molecule has 0 spiro atoms. The second-order valence-corrected chi connectivity index (χ2v) is 5.26. The normalized spacial score (nSPS) is 20.4. The molecule has 114 valence electrons. The van der Waals surface area contributed by atoms with E-state index in [1.165, 1.54) is 0 Å². The highest BCUT2D eigenvalue weighted by molar-refractivity contribution is 5.85. The van der Waals surface area contributed by atoms with Crippen molar-refractivity contribution >= 4 is 18.3 Å². The van der Waals surface area contributed by atoms with Gasteiger partial charge in [0.25, 0.3) is 0 Å². The molecule has 2 heterocycles. The van der Waals surface area contributed by atoms with E-state index in [0.29, 0.717) is 24.8 Å². The number of aryl methyl sites for hydroxylation is 1. The Morgan fingerprint density at radius 1 is 1.60 bits per heavy atom. The quantitative estimate of drug-likeness (QED) is 0.909. The fourth-order valence-corrected chi connectivity index (χ4v) is 2.56.